The van der Waals surface area contributed by atoms with Crippen LogP contribution in [0.15, 0.2) is 34.9 Å². The molecule has 0 bridgehead atoms. The van der Waals surface area contributed by atoms with Gasteiger partial charge in [-0.2, -0.15) is 0 Å². The van der Waals surface area contributed by atoms with E-state index < -0.39 is 5.97 Å². The first-order valence-electron chi connectivity index (χ1n) is 4.98. The van der Waals surface area contributed by atoms with Crippen molar-refractivity contribution in [2.75, 3.05) is 7.11 Å². The first kappa shape index (κ1) is 13.0. The summed E-state index contributed by atoms with van der Waals surface area (Å²) in [6.45, 7) is 0. The molecule has 2 aromatic rings. The lowest BCUT2D eigenvalue weighted by Crippen LogP contribution is -2.05. The van der Waals surface area contributed by atoms with Crippen LogP contribution in [0.1, 0.15) is 10.5 Å². The van der Waals surface area contributed by atoms with Crippen LogP contribution >= 0.6 is 27.5 Å². The third-order valence-electron chi connectivity index (χ3n) is 2.42. The van der Waals surface area contributed by atoms with Crippen LogP contribution in [0.5, 0.6) is 5.75 Å². The summed E-state index contributed by atoms with van der Waals surface area (Å²) in [4.78, 5) is 11.1. The van der Waals surface area contributed by atoms with Gasteiger partial charge in [-0.25, -0.2) is 4.79 Å². The molecule has 18 heavy (non-hydrogen) atoms. The number of rotatable bonds is 3. The molecule has 1 aromatic heterocycles. The first-order chi connectivity index (χ1) is 8.52. The molecule has 0 aliphatic heterocycles. The molecule has 2 rings (SSSR count). The Kier molecular flexibility index (Phi) is 3.63. The number of nitrogens with zero attached hydrogens (tertiary/aromatic N) is 1. The number of carbonyl (C=O) groups is 1. The number of carboxylic acid groups (broad SMARTS) is 1. The van der Waals surface area contributed by atoms with Crippen molar-refractivity contribution >= 4 is 33.5 Å². The Hall–Kier alpha value is -1.46. The lowest BCUT2D eigenvalue weighted by Gasteiger charge is -2.09. The maximum atomic E-state index is 11.1. The van der Waals surface area contributed by atoms with E-state index in [1.165, 1.54) is 17.7 Å². The second-order valence-corrected chi connectivity index (χ2v) is 4.86. The van der Waals surface area contributed by atoms with E-state index in [1.54, 1.807) is 24.4 Å². The van der Waals surface area contributed by atoms with Gasteiger partial charge in [-0.1, -0.05) is 11.6 Å². The van der Waals surface area contributed by atoms with Crippen molar-refractivity contribution in [2.24, 2.45) is 0 Å². The summed E-state index contributed by atoms with van der Waals surface area (Å²) in [6.07, 6.45) is 1.67. The van der Waals surface area contributed by atoms with Crippen LogP contribution in [0.2, 0.25) is 5.02 Å². The summed E-state index contributed by atoms with van der Waals surface area (Å²) in [7, 11) is 1.52. The Balaban J connectivity index is 2.55. The molecule has 0 spiro atoms. The monoisotopic (exact) mass is 329 g/mol. The van der Waals surface area contributed by atoms with E-state index in [1.807, 2.05) is 0 Å². The molecule has 6 heteroatoms. The third-order valence-corrected chi connectivity index (χ3v) is 3.15. The van der Waals surface area contributed by atoms with Crippen molar-refractivity contribution in [1.82, 2.24) is 4.57 Å². The Morgan fingerprint density at radius 1 is 1.44 bits per heavy atom. The van der Waals surface area contributed by atoms with Crippen molar-refractivity contribution < 1.29 is 14.6 Å². The molecule has 94 valence electrons. The number of aromatic nitrogens is 1. The van der Waals surface area contributed by atoms with E-state index in [0.29, 0.717) is 20.9 Å². The highest BCUT2D eigenvalue weighted by Gasteiger charge is 2.13. The van der Waals surface area contributed by atoms with Crippen molar-refractivity contribution in [1.29, 1.82) is 0 Å². The number of hydrogen-bond acceptors (Lipinski definition) is 2. The van der Waals surface area contributed by atoms with Crippen LogP contribution in [0.4, 0.5) is 0 Å². The second-order valence-electron chi connectivity index (χ2n) is 3.54. The number of halogens is 2. The average Bonchev–Trinajstić information content (AvgIpc) is 2.71. The summed E-state index contributed by atoms with van der Waals surface area (Å²) < 4.78 is 7.28. The van der Waals surface area contributed by atoms with Crippen LogP contribution in [0.3, 0.4) is 0 Å². The number of methoxy groups -OCH3 is 1. The van der Waals surface area contributed by atoms with Gasteiger partial charge in [-0.15, -0.1) is 0 Å². The highest BCUT2D eigenvalue weighted by atomic mass is 79.9. The molecule has 0 saturated heterocycles. The maximum absolute atomic E-state index is 11.1. The van der Waals surface area contributed by atoms with E-state index in [0.717, 1.165) is 0 Å². The molecule has 0 radical (unpaired) electrons. The van der Waals surface area contributed by atoms with Crippen LogP contribution < -0.4 is 4.74 Å². The molecule has 1 aromatic carbocycles. The largest absolute Gasteiger partial charge is 0.495 e. The molecule has 4 nitrogen and oxygen atoms in total. The lowest BCUT2D eigenvalue weighted by molar-refractivity contribution is 0.0688. The molecule has 0 unspecified atom stereocenters. The zero-order valence-electron chi connectivity index (χ0n) is 9.35. The molecular formula is C12H9BrClNO3. The topological polar surface area (TPSA) is 51.5 Å². The fraction of sp³-hybridized carbons (Fsp3) is 0.0833. The Bertz CT molecular complexity index is 609. The quantitative estimate of drug-likeness (QED) is 0.935. The van der Waals surface area contributed by atoms with Crippen molar-refractivity contribution in [3.63, 3.8) is 0 Å². The molecule has 0 atom stereocenters. The van der Waals surface area contributed by atoms with Crippen molar-refractivity contribution in [2.45, 2.75) is 0 Å². The van der Waals surface area contributed by atoms with Crippen LogP contribution in [-0.2, 0) is 0 Å². The van der Waals surface area contributed by atoms with Crippen LogP contribution in [-0.4, -0.2) is 22.8 Å². The molecule has 0 amide bonds. The fourth-order valence-corrected chi connectivity index (χ4v) is 2.29. The van der Waals surface area contributed by atoms with E-state index >= 15 is 0 Å². The van der Waals surface area contributed by atoms with Crippen LogP contribution in [0.25, 0.3) is 5.69 Å². The normalized spacial score (nSPS) is 10.4. The smallest absolute Gasteiger partial charge is 0.352 e. The maximum Gasteiger partial charge on any atom is 0.352 e. The summed E-state index contributed by atoms with van der Waals surface area (Å²) in [5.41, 5.74) is 0.812. The number of carboxylic acids is 1. The zero-order chi connectivity index (χ0) is 13.3. The Morgan fingerprint density at radius 3 is 2.72 bits per heavy atom. The highest BCUT2D eigenvalue weighted by Crippen LogP contribution is 2.28. The molecule has 1 heterocycles. The summed E-state index contributed by atoms with van der Waals surface area (Å²) >= 11 is 9.27. The highest BCUT2D eigenvalue weighted by molar-refractivity contribution is 9.10. The van der Waals surface area contributed by atoms with Gasteiger partial charge in [0.2, 0.25) is 0 Å². The third kappa shape index (κ3) is 2.37. The van der Waals surface area contributed by atoms with Gasteiger partial charge in [-0.05, 0) is 40.2 Å². The van der Waals surface area contributed by atoms with Gasteiger partial charge in [0.15, 0.2) is 0 Å². The van der Waals surface area contributed by atoms with E-state index in [-0.39, 0.29) is 5.69 Å². The number of benzene rings is 1. The minimum Gasteiger partial charge on any atom is -0.495 e. The van der Waals surface area contributed by atoms with Gasteiger partial charge in [0.25, 0.3) is 0 Å². The standard InChI is InChI=1S/C12H9BrClNO3/c1-18-11-3-2-8(5-9(11)14)15-6-7(13)4-10(15)12(16)17/h2-6H,1H3,(H,16,17). The van der Waals surface area contributed by atoms with E-state index in [4.69, 9.17) is 21.4 Å². The summed E-state index contributed by atoms with van der Waals surface area (Å²) in [6, 6.07) is 6.61. The fourth-order valence-electron chi connectivity index (χ4n) is 1.61. The van der Waals surface area contributed by atoms with Gasteiger partial charge >= 0.3 is 5.97 Å². The van der Waals surface area contributed by atoms with E-state index in [9.17, 15) is 4.79 Å². The van der Waals surface area contributed by atoms with Crippen molar-refractivity contribution in [3.05, 3.63) is 45.7 Å². The second kappa shape index (κ2) is 5.04. The average molecular weight is 331 g/mol. The predicted octanol–water partition coefficient (Wildman–Crippen LogP) is 3.60. The minimum absolute atomic E-state index is 0.156. The van der Waals surface area contributed by atoms with Gasteiger partial charge in [0, 0.05) is 16.4 Å². The lowest BCUT2D eigenvalue weighted by atomic mass is 10.3. The van der Waals surface area contributed by atoms with Gasteiger partial charge in [-0.3, -0.25) is 0 Å². The van der Waals surface area contributed by atoms with Gasteiger partial charge < -0.3 is 14.4 Å². The van der Waals surface area contributed by atoms with Crippen molar-refractivity contribution in [3.8, 4) is 11.4 Å². The SMILES string of the molecule is COc1ccc(-n2cc(Br)cc2C(=O)O)cc1Cl. The van der Waals surface area contributed by atoms with E-state index in [2.05, 4.69) is 15.9 Å². The molecule has 0 aliphatic carbocycles. The number of hydrogen-bond donors (Lipinski definition) is 1. The molecular weight excluding hydrogens is 321 g/mol. The number of ether oxygens (including phenoxy) is 1. The minimum atomic E-state index is -1.01. The van der Waals surface area contributed by atoms with Crippen LogP contribution in [0, 0.1) is 0 Å². The van der Waals surface area contributed by atoms with Gasteiger partial charge in [0.1, 0.15) is 11.4 Å². The molecule has 0 aliphatic rings. The molecule has 0 fully saturated rings. The summed E-state index contributed by atoms with van der Waals surface area (Å²) in [5.74, 6) is -0.462. The molecule has 0 saturated carbocycles. The Morgan fingerprint density at radius 2 is 2.17 bits per heavy atom. The zero-order valence-corrected chi connectivity index (χ0v) is 11.7. The molecule has 1 N–H and O–H groups in total. The first-order valence-corrected chi connectivity index (χ1v) is 6.15. The summed E-state index contributed by atoms with van der Waals surface area (Å²) in [5, 5.41) is 9.54. The Labute approximate surface area is 117 Å². The number of aromatic carboxylic acids is 1. The van der Waals surface area contributed by atoms with Gasteiger partial charge in [0.05, 0.1) is 12.1 Å². The predicted molar refractivity (Wildman–Crippen MR) is 72.0 cm³/mol.